The Balaban J connectivity index is 2.03. The van der Waals surface area contributed by atoms with E-state index in [0.29, 0.717) is 5.56 Å². The van der Waals surface area contributed by atoms with Crippen LogP contribution in [0, 0.1) is 0 Å². The van der Waals surface area contributed by atoms with Gasteiger partial charge in [0, 0.05) is 20.0 Å². The lowest BCUT2D eigenvalue weighted by Gasteiger charge is -2.12. The van der Waals surface area contributed by atoms with Gasteiger partial charge in [-0.25, -0.2) is 0 Å². The van der Waals surface area contributed by atoms with E-state index in [1.54, 1.807) is 0 Å². The van der Waals surface area contributed by atoms with Gasteiger partial charge in [-0.15, -0.1) is 0 Å². The largest absolute Gasteiger partial charge is 0.435 e. The molecule has 1 aliphatic rings. The van der Waals surface area contributed by atoms with Gasteiger partial charge < -0.3 is 10.1 Å². The van der Waals surface area contributed by atoms with Crippen molar-refractivity contribution in [3.8, 4) is 5.75 Å². The van der Waals surface area contributed by atoms with E-state index in [9.17, 15) is 23.2 Å². The van der Waals surface area contributed by atoms with Crippen LogP contribution in [0.1, 0.15) is 12.5 Å². The van der Waals surface area contributed by atoms with Gasteiger partial charge >= 0.3 is 6.61 Å². The number of carbonyl (C=O) groups is 3. The highest BCUT2D eigenvalue weighted by atomic mass is 32.2. The molecule has 1 N–H and O–H groups in total. The van der Waals surface area contributed by atoms with Gasteiger partial charge in [-0.3, -0.25) is 19.3 Å². The number of imide groups is 1. The van der Waals surface area contributed by atoms with Crippen LogP contribution in [0.15, 0.2) is 29.2 Å². The second-order valence-electron chi connectivity index (χ2n) is 4.76. The van der Waals surface area contributed by atoms with E-state index >= 15 is 0 Å². The molecule has 9 heteroatoms. The van der Waals surface area contributed by atoms with Crippen LogP contribution in [0.5, 0.6) is 5.75 Å². The molecule has 128 valence electrons. The molecule has 1 heterocycles. The molecule has 1 aliphatic heterocycles. The van der Waals surface area contributed by atoms with E-state index in [2.05, 4.69) is 10.1 Å². The van der Waals surface area contributed by atoms with Gasteiger partial charge in [0.05, 0.1) is 4.91 Å². The van der Waals surface area contributed by atoms with E-state index in [0.717, 1.165) is 16.7 Å². The first-order chi connectivity index (χ1) is 11.4. The van der Waals surface area contributed by atoms with Gasteiger partial charge in [-0.1, -0.05) is 12.1 Å². The molecule has 0 aliphatic carbocycles. The second-order valence-corrected chi connectivity index (χ2v) is 5.76. The van der Waals surface area contributed by atoms with Crippen LogP contribution in [-0.4, -0.2) is 41.7 Å². The number of ether oxygens (including phenoxy) is 1. The summed E-state index contributed by atoms with van der Waals surface area (Å²) in [5.74, 6) is -0.697. The number of halogens is 2. The van der Waals surface area contributed by atoms with Crippen molar-refractivity contribution in [1.29, 1.82) is 0 Å². The van der Waals surface area contributed by atoms with Crippen LogP contribution in [0.3, 0.4) is 0 Å². The molecule has 2 rings (SSSR count). The maximum absolute atomic E-state index is 12.2. The maximum atomic E-state index is 12.2. The van der Waals surface area contributed by atoms with E-state index in [1.165, 1.54) is 37.3 Å². The SMILES string of the molecule is CC(=O)NCCN1C(=O)S/C(=C/c2ccc(OC(F)F)cc2)C1=O. The fourth-order valence-corrected chi connectivity index (χ4v) is 2.80. The minimum atomic E-state index is -2.91. The Labute approximate surface area is 140 Å². The Morgan fingerprint density at radius 1 is 1.33 bits per heavy atom. The smallest absolute Gasteiger partial charge is 0.387 e. The van der Waals surface area contributed by atoms with E-state index in [4.69, 9.17) is 0 Å². The molecule has 0 aromatic heterocycles. The lowest BCUT2D eigenvalue weighted by Crippen LogP contribution is -2.36. The summed E-state index contributed by atoms with van der Waals surface area (Å²) in [5, 5.41) is 2.09. The summed E-state index contributed by atoms with van der Waals surface area (Å²) in [7, 11) is 0. The quantitative estimate of drug-likeness (QED) is 0.793. The lowest BCUT2D eigenvalue weighted by atomic mass is 10.2. The van der Waals surface area contributed by atoms with Gasteiger partial charge in [0.15, 0.2) is 0 Å². The van der Waals surface area contributed by atoms with Crippen LogP contribution >= 0.6 is 11.8 Å². The van der Waals surface area contributed by atoms with Crippen molar-refractivity contribution in [3.63, 3.8) is 0 Å². The predicted molar refractivity (Wildman–Crippen MR) is 84.4 cm³/mol. The Kier molecular flexibility index (Phi) is 5.91. The molecule has 0 atom stereocenters. The second kappa shape index (κ2) is 7.91. The van der Waals surface area contributed by atoms with Gasteiger partial charge in [-0.2, -0.15) is 8.78 Å². The molecule has 0 saturated carbocycles. The zero-order valence-corrected chi connectivity index (χ0v) is 13.4. The van der Waals surface area contributed by atoms with E-state index < -0.39 is 17.8 Å². The van der Waals surface area contributed by atoms with Crippen molar-refractivity contribution in [1.82, 2.24) is 10.2 Å². The third-order valence-corrected chi connectivity index (χ3v) is 3.89. The van der Waals surface area contributed by atoms with Gasteiger partial charge in [0.2, 0.25) is 5.91 Å². The number of nitrogens with one attached hydrogen (secondary N) is 1. The summed E-state index contributed by atoms with van der Waals surface area (Å²) in [6.45, 7) is -1.30. The lowest BCUT2D eigenvalue weighted by molar-refractivity contribution is -0.123. The van der Waals surface area contributed by atoms with Crippen molar-refractivity contribution < 1.29 is 27.9 Å². The number of rotatable bonds is 6. The number of carbonyl (C=O) groups excluding carboxylic acids is 3. The Morgan fingerprint density at radius 2 is 2.00 bits per heavy atom. The van der Waals surface area contributed by atoms with Crippen LogP contribution in [0.25, 0.3) is 6.08 Å². The number of thioether (sulfide) groups is 1. The first-order valence-electron chi connectivity index (χ1n) is 6.91. The van der Waals surface area contributed by atoms with E-state index in [-0.39, 0.29) is 29.7 Å². The van der Waals surface area contributed by atoms with Crippen LogP contribution in [0.2, 0.25) is 0 Å². The molecular formula is C15H14F2N2O4S. The molecule has 1 fully saturated rings. The fourth-order valence-electron chi connectivity index (χ4n) is 1.93. The van der Waals surface area contributed by atoms with Crippen molar-refractivity contribution in [3.05, 3.63) is 34.7 Å². The zero-order valence-electron chi connectivity index (χ0n) is 12.6. The number of hydrogen-bond donors (Lipinski definition) is 1. The third kappa shape index (κ3) is 4.79. The monoisotopic (exact) mass is 356 g/mol. The maximum Gasteiger partial charge on any atom is 0.387 e. The summed E-state index contributed by atoms with van der Waals surface area (Å²) in [5.41, 5.74) is 0.573. The summed E-state index contributed by atoms with van der Waals surface area (Å²) in [4.78, 5) is 36.1. The third-order valence-electron chi connectivity index (χ3n) is 2.99. The standard InChI is InChI=1S/C15H14F2N2O4S/c1-9(20)18-6-7-19-13(21)12(24-15(19)22)8-10-2-4-11(5-3-10)23-14(16)17/h2-5,8,14H,6-7H2,1H3,(H,18,20)/b12-8+. The van der Waals surface area contributed by atoms with Crippen LogP contribution in [-0.2, 0) is 9.59 Å². The molecule has 0 radical (unpaired) electrons. The van der Waals surface area contributed by atoms with Crippen molar-refractivity contribution >= 4 is 34.9 Å². The first-order valence-corrected chi connectivity index (χ1v) is 7.73. The first kappa shape index (κ1) is 17.9. The summed E-state index contributed by atoms with van der Waals surface area (Å²) in [6.07, 6.45) is 1.50. The highest BCUT2D eigenvalue weighted by Gasteiger charge is 2.34. The van der Waals surface area contributed by atoms with Crippen LogP contribution in [0.4, 0.5) is 13.6 Å². The number of alkyl halides is 2. The number of hydrogen-bond acceptors (Lipinski definition) is 5. The van der Waals surface area contributed by atoms with Gasteiger partial charge in [0.25, 0.3) is 11.1 Å². The molecule has 6 nitrogen and oxygen atoms in total. The van der Waals surface area contributed by atoms with Gasteiger partial charge in [0.1, 0.15) is 5.75 Å². The molecule has 0 unspecified atom stereocenters. The number of amides is 3. The fraction of sp³-hybridized carbons (Fsp3) is 0.267. The minimum Gasteiger partial charge on any atom is -0.435 e. The molecule has 1 saturated heterocycles. The summed E-state index contributed by atoms with van der Waals surface area (Å²) >= 11 is 0.785. The highest BCUT2D eigenvalue weighted by molar-refractivity contribution is 8.18. The Bertz CT molecular complexity index is 677. The number of nitrogens with zero attached hydrogens (tertiary/aromatic N) is 1. The normalized spacial score (nSPS) is 16.2. The number of benzene rings is 1. The molecule has 0 spiro atoms. The average Bonchev–Trinajstić information content (AvgIpc) is 2.76. The van der Waals surface area contributed by atoms with Gasteiger partial charge in [-0.05, 0) is 35.5 Å². The molecule has 1 aromatic rings. The molecule has 1 aromatic carbocycles. The summed E-state index contributed by atoms with van der Waals surface area (Å²) < 4.78 is 28.4. The van der Waals surface area contributed by atoms with Crippen LogP contribution < -0.4 is 10.1 Å². The minimum absolute atomic E-state index is 0.00515. The predicted octanol–water partition coefficient (Wildman–Crippen LogP) is 2.46. The van der Waals surface area contributed by atoms with Crippen molar-refractivity contribution in [2.45, 2.75) is 13.5 Å². The molecule has 0 bridgehead atoms. The average molecular weight is 356 g/mol. The molecule has 24 heavy (non-hydrogen) atoms. The van der Waals surface area contributed by atoms with Crippen molar-refractivity contribution in [2.24, 2.45) is 0 Å². The Morgan fingerprint density at radius 3 is 2.58 bits per heavy atom. The zero-order chi connectivity index (χ0) is 17.7. The highest BCUT2D eigenvalue weighted by Crippen LogP contribution is 2.32. The molecular weight excluding hydrogens is 342 g/mol. The topological polar surface area (TPSA) is 75.7 Å². The molecule has 3 amide bonds. The van der Waals surface area contributed by atoms with E-state index in [1.807, 2.05) is 0 Å². The Hall–Kier alpha value is -2.42. The summed E-state index contributed by atoms with van der Waals surface area (Å²) in [6, 6.07) is 5.70. The van der Waals surface area contributed by atoms with Crippen molar-refractivity contribution in [2.75, 3.05) is 13.1 Å².